The topological polar surface area (TPSA) is 74.8 Å². The van der Waals surface area contributed by atoms with Gasteiger partial charge in [-0.05, 0) is 120 Å². The van der Waals surface area contributed by atoms with Crippen LogP contribution in [0.25, 0.3) is 32.3 Å². The first-order valence-corrected chi connectivity index (χ1v) is 18.1. The maximum atomic E-state index is 14.9. The van der Waals surface area contributed by atoms with E-state index >= 15 is 0 Å². The lowest BCUT2D eigenvalue weighted by atomic mass is 9.75. The third kappa shape index (κ3) is 2.67. The number of fused-ring (bicyclic) bond motifs is 6. The summed E-state index contributed by atoms with van der Waals surface area (Å²) < 4.78 is 0. The van der Waals surface area contributed by atoms with Gasteiger partial charge in [-0.3, -0.25) is 29.0 Å². The molecule has 8 aliphatic carbocycles. The van der Waals surface area contributed by atoms with E-state index in [0.717, 1.165) is 71.9 Å². The molecule has 10 unspecified atom stereocenters. The Morgan fingerprint density at radius 1 is 0.489 bits per heavy atom. The van der Waals surface area contributed by atoms with E-state index in [9.17, 15) is 19.2 Å². The second-order valence-electron chi connectivity index (χ2n) is 15.9. The first kappa shape index (κ1) is 24.6. The molecule has 224 valence electrons. The summed E-state index contributed by atoms with van der Waals surface area (Å²) in [5.41, 5.74) is 2.07. The number of amides is 4. The predicted octanol–water partition coefficient (Wildman–Crippen LogP) is 7.27. The van der Waals surface area contributed by atoms with E-state index in [2.05, 4.69) is 0 Å². The Kier molecular flexibility index (Phi) is 4.30. The van der Waals surface area contributed by atoms with Gasteiger partial charge in [-0.1, -0.05) is 24.3 Å². The highest BCUT2D eigenvalue weighted by Gasteiger charge is 2.61. The molecule has 6 nitrogen and oxygen atoms in total. The van der Waals surface area contributed by atoms with Gasteiger partial charge in [-0.25, -0.2) is 0 Å². The Labute approximate surface area is 263 Å². The van der Waals surface area contributed by atoms with E-state index in [1.54, 1.807) is 9.80 Å². The molecule has 4 amide bonds. The summed E-state index contributed by atoms with van der Waals surface area (Å²) in [5.74, 6) is 3.27. The molecular weight excluding hydrogens is 580 g/mol. The minimum absolute atomic E-state index is 0.0663. The smallest absolute Gasteiger partial charge is 0.262 e. The van der Waals surface area contributed by atoms with Crippen molar-refractivity contribution in [2.75, 3.05) is 0 Å². The van der Waals surface area contributed by atoms with Gasteiger partial charge in [0.05, 0.1) is 22.3 Å². The van der Waals surface area contributed by atoms with Crippen molar-refractivity contribution in [1.82, 2.24) is 9.80 Å². The number of hydrogen-bond acceptors (Lipinski definition) is 5. The number of carbonyl (C=O) groups is 4. The molecular formula is C38H32N2O4S. The van der Waals surface area contributed by atoms with Crippen LogP contribution in [0, 0.1) is 47.3 Å². The van der Waals surface area contributed by atoms with Crippen molar-refractivity contribution in [3.05, 3.63) is 57.3 Å². The molecule has 7 heteroatoms. The van der Waals surface area contributed by atoms with Gasteiger partial charge >= 0.3 is 0 Å². The maximum absolute atomic E-state index is 14.9. The fourth-order valence-corrected chi connectivity index (χ4v) is 14.0. The molecule has 10 aliphatic rings. The molecule has 0 saturated heterocycles. The molecule has 8 saturated carbocycles. The van der Waals surface area contributed by atoms with E-state index in [4.69, 9.17) is 0 Å². The van der Waals surface area contributed by atoms with Gasteiger partial charge in [0.15, 0.2) is 0 Å². The van der Waals surface area contributed by atoms with Crippen LogP contribution in [-0.2, 0) is 0 Å². The molecule has 4 aromatic rings. The van der Waals surface area contributed by atoms with Crippen molar-refractivity contribution in [2.24, 2.45) is 47.3 Å². The van der Waals surface area contributed by atoms with Crippen LogP contribution < -0.4 is 0 Å². The number of hydrogen-bond donors (Lipinski definition) is 0. The summed E-state index contributed by atoms with van der Waals surface area (Å²) in [5, 5.41) is 8.04. The summed E-state index contributed by atoms with van der Waals surface area (Å²) in [6.07, 6.45) is 9.12. The largest absolute Gasteiger partial charge is 0.271 e. The van der Waals surface area contributed by atoms with E-state index in [0.29, 0.717) is 68.5 Å². The van der Waals surface area contributed by atoms with Crippen LogP contribution in [-0.4, -0.2) is 45.5 Å². The number of imide groups is 2. The van der Waals surface area contributed by atoms with Crippen LogP contribution in [0.1, 0.15) is 92.8 Å². The number of thiophene rings is 1. The number of rotatable bonds is 2. The van der Waals surface area contributed by atoms with Crippen LogP contribution in [0.15, 0.2) is 35.0 Å². The molecule has 1 aromatic heterocycles. The third-order valence-corrected chi connectivity index (χ3v) is 15.0. The van der Waals surface area contributed by atoms with Gasteiger partial charge in [-0.2, -0.15) is 11.3 Å². The quantitative estimate of drug-likeness (QED) is 0.176. The minimum atomic E-state index is -0.232. The molecule has 0 N–H and O–H groups in total. The van der Waals surface area contributed by atoms with Crippen molar-refractivity contribution >= 4 is 67.3 Å². The summed E-state index contributed by atoms with van der Waals surface area (Å²) >= 11 is 1.50. The maximum Gasteiger partial charge on any atom is 0.262 e. The van der Waals surface area contributed by atoms with Crippen LogP contribution in [0.5, 0.6) is 0 Å². The van der Waals surface area contributed by atoms with Gasteiger partial charge in [0.1, 0.15) is 0 Å². The van der Waals surface area contributed by atoms with Crippen LogP contribution >= 0.6 is 11.3 Å². The van der Waals surface area contributed by atoms with Gasteiger partial charge in [-0.15, -0.1) is 0 Å². The number of carbonyl (C=O) groups excluding carboxylic acids is 4. The van der Waals surface area contributed by atoms with E-state index < -0.39 is 0 Å². The molecule has 8 bridgehead atoms. The predicted molar refractivity (Wildman–Crippen MR) is 170 cm³/mol. The van der Waals surface area contributed by atoms with Crippen molar-refractivity contribution in [3.63, 3.8) is 0 Å². The van der Waals surface area contributed by atoms with Gasteiger partial charge in [0, 0.05) is 33.6 Å². The zero-order chi connectivity index (χ0) is 29.6. The highest BCUT2D eigenvalue weighted by atomic mass is 32.1. The molecule has 3 heterocycles. The van der Waals surface area contributed by atoms with Crippen LogP contribution in [0.3, 0.4) is 0 Å². The Balaban J connectivity index is 1.15. The molecule has 8 fully saturated rings. The Hall–Kier alpha value is -3.58. The fraction of sp³-hybridized carbons (Fsp3) is 0.474. The summed E-state index contributed by atoms with van der Waals surface area (Å²) in [4.78, 5) is 62.9. The molecule has 0 radical (unpaired) electrons. The van der Waals surface area contributed by atoms with Crippen LogP contribution in [0.4, 0.5) is 0 Å². The first-order valence-electron chi connectivity index (χ1n) is 17.1. The fourth-order valence-electron chi connectivity index (χ4n) is 13.2. The van der Waals surface area contributed by atoms with E-state index in [-0.39, 0.29) is 35.7 Å². The lowest BCUT2D eigenvalue weighted by Gasteiger charge is -2.43. The molecule has 3 aromatic carbocycles. The standard InChI is InChI=1S/C38H32N2O4S/c41-35-27-21-3-1-2-4-22(21)28-32-30(38(44)40(36(28)42)34-20-8-16-6-18(12-20)24(34)10-16)26-14-45-13-25(26)29(31(27)32)37(43)39(35)33-19-7-15-5-17(11-19)23(33)9-15/h1-4,13-20,23-24,33-34H,5-12H2. The summed E-state index contributed by atoms with van der Waals surface area (Å²) in [7, 11) is 0. The minimum Gasteiger partial charge on any atom is -0.271 e. The zero-order valence-corrected chi connectivity index (χ0v) is 25.6. The zero-order valence-electron chi connectivity index (χ0n) is 24.8. The summed E-state index contributed by atoms with van der Waals surface area (Å²) in [6, 6.07) is 7.63. The molecule has 10 atom stereocenters. The number of nitrogens with zero attached hydrogens (tertiary/aromatic N) is 2. The third-order valence-electron chi connectivity index (χ3n) is 14.3. The second kappa shape index (κ2) is 7.86. The normalized spacial score (nSPS) is 38.5. The highest BCUT2D eigenvalue weighted by Crippen LogP contribution is 2.62. The van der Waals surface area contributed by atoms with Crippen molar-refractivity contribution in [2.45, 2.75) is 63.5 Å². The van der Waals surface area contributed by atoms with Crippen molar-refractivity contribution < 1.29 is 19.2 Å². The average Bonchev–Trinajstić information content (AvgIpc) is 3.80. The molecule has 45 heavy (non-hydrogen) atoms. The first-order chi connectivity index (χ1) is 22.0. The Bertz CT molecular complexity index is 2010. The van der Waals surface area contributed by atoms with Crippen molar-refractivity contribution in [3.8, 4) is 0 Å². The number of benzene rings is 3. The lowest BCUT2D eigenvalue weighted by molar-refractivity contribution is 0.0377. The molecule has 2 aliphatic heterocycles. The highest BCUT2D eigenvalue weighted by molar-refractivity contribution is 7.09. The van der Waals surface area contributed by atoms with E-state index in [1.807, 2.05) is 35.0 Å². The van der Waals surface area contributed by atoms with Gasteiger partial charge in [0.2, 0.25) is 0 Å². The van der Waals surface area contributed by atoms with Gasteiger partial charge in [0.25, 0.3) is 23.6 Å². The molecule has 14 rings (SSSR count). The summed E-state index contributed by atoms with van der Waals surface area (Å²) in [6.45, 7) is 0. The second-order valence-corrected chi connectivity index (χ2v) is 16.7. The SMILES string of the molecule is O=C1c2c3ccccc3c3c4c(c5cscc5c(c24)C(=O)N1C1C2CC4CC(C2)C1C4)C(=O)N(C1C2CC4CC(C2)C1C4)C3=O. The monoisotopic (exact) mass is 612 g/mol. The van der Waals surface area contributed by atoms with Crippen molar-refractivity contribution in [1.29, 1.82) is 0 Å². The van der Waals surface area contributed by atoms with E-state index in [1.165, 1.54) is 24.2 Å². The van der Waals surface area contributed by atoms with Gasteiger partial charge < -0.3 is 0 Å². The molecule has 0 spiro atoms. The Morgan fingerprint density at radius 3 is 1.31 bits per heavy atom. The van der Waals surface area contributed by atoms with Crippen LogP contribution in [0.2, 0.25) is 0 Å². The average molecular weight is 613 g/mol. The lowest BCUT2D eigenvalue weighted by Crippen LogP contribution is -2.54. The Morgan fingerprint density at radius 2 is 0.889 bits per heavy atom.